The number of para-hydroxylation sites is 1. The monoisotopic (exact) mass is 652 g/mol. The fourth-order valence-corrected chi connectivity index (χ4v) is 7.15. The van der Waals surface area contributed by atoms with Crippen LogP contribution < -0.4 is 14.2 Å². The predicted octanol–water partition coefficient (Wildman–Crippen LogP) is 10.3. The summed E-state index contributed by atoms with van der Waals surface area (Å²) in [6.45, 7) is 0. The summed E-state index contributed by atoms with van der Waals surface area (Å²) in [5, 5.41) is 4.66. The van der Waals surface area contributed by atoms with Crippen LogP contribution in [0.4, 0.5) is 0 Å². The van der Waals surface area contributed by atoms with Crippen LogP contribution in [0.3, 0.4) is 0 Å². The minimum Gasteiger partial charge on any atom is -0.497 e. The molecule has 48 heavy (non-hydrogen) atoms. The minimum absolute atomic E-state index is 0.834. The van der Waals surface area contributed by atoms with E-state index >= 15 is 0 Å². The van der Waals surface area contributed by atoms with Crippen LogP contribution >= 0.6 is 11.8 Å². The fourth-order valence-electron chi connectivity index (χ4n) is 6.33. The van der Waals surface area contributed by atoms with Gasteiger partial charge in [0.25, 0.3) is 0 Å². The molecule has 0 unspecified atom stereocenters. The van der Waals surface area contributed by atoms with Crippen LogP contribution in [0.15, 0.2) is 137 Å². The van der Waals surface area contributed by atoms with Crippen molar-refractivity contribution < 1.29 is 18.9 Å². The Labute approximate surface area is 284 Å². The summed E-state index contributed by atoms with van der Waals surface area (Å²) in [5.74, 6) is 2.53. The third-order valence-electron chi connectivity index (χ3n) is 8.48. The molecular weight excluding hydrogens is 617 g/mol. The van der Waals surface area contributed by atoms with Crippen molar-refractivity contribution in [1.29, 1.82) is 0 Å². The van der Waals surface area contributed by atoms with E-state index < -0.39 is 0 Å². The molecule has 0 spiro atoms. The average molecular weight is 653 g/mol. The molecule has 0 aliphatic carbocycles. The average Bonchev–Trinajstić information content (AvgIpc) is 3.64. The number of ether oxygens (including phenoxy) is 4. The van der Waals surface area contributed by atoms with Gasteiger partial charge in [0.2, 0.25) is 0 Å². The SMILES string of the molecule is COC.COc1ccc2c(c1)c1ccccc1n2-c1ccc(Sc2ccc(-n3c4ccc(OC)cc4c4cc(OC)ccc43)cc2)cc1. The lowest BCUT2D eigenvalue weighted by atomic mass is 10.1. The van der Waals surface area contributed by atoms with Gasteiger partial charge >= 0.3 is 0 Å². The number of fused-ring (bicyclic) bond motifs is 6. The van der Waals surface area contributed by atoms with E-state index in [0.717, 1.165) is 55.9 Å². The Hall–Kier alpha value is -5.37. The zero-order chi connectivity index (χ0) is 33.2. The third kappa shape index (κ3) is 5.61. The van der Waals surface area contributed by atoms with Crippen molar-refractivity contribution in [3.63, 3.8) is 0 Å². The van der Waals surface area contributed by atoms with Crippen LogP contribution in [-0.4, -0.2) is 44.7 Å². The first-order chi connectivity index (χ1) is 23.6. The molecule has 7 heteroatoms. The molecule has 8 aromatic rings. The van der Waals surface area contributed by atoms with Crippen molar-refractivity contribution in [1.82, 2.24) is 9.13 Å². The van der Waals surface area contributed by atoms with Crippen LogP contribution in [-0.2, 0) is 4.74 Å². The van der Waals surface area contributed by atoms with Crippen LogP contribution in [0, 0.1) is 0 Å². The number of hydrogen-bond donors (Lipinski definition) is 0. The summed E-state index contributed by atoms with van der Waals surface area (Å²) < 4.78 is 25.5. The molecule has 0 aliphatic rings. The van der Waals surface area contributed by atoms with Gasteiger partial charge in [0.15, 0.2) is 0 Å². The van der Waals surface area contributed by atoms with E-state index in [1.807, 2.05) is 18.2 Å². The number of rotatable bonds is 7. The predicted molar refractivity (Wildman–Crippen MR) is 198 cm³/mol. The van der Waals surface area contributed by atoms with Crippen LogP contribution in [0.25, 0.3) is 55.0 Å². The lowest BCUT2D eigenvalue weighted by Crippen LogP contribution is -1.94. The molecular formula is C41H36N2O4S. The highest BCUT2D eigenvalue weighted by Crippen LogP contribution is 2.38. The molecule has 8 rings (SSSR count). The summed E-state index contributed by atoms with van der Waals surface area (Å²) in [6, 6.07) is 44.9. The molecule has 0 fully saturated rings. The second-order valence-corrected chi connectivity index (χ2v) is 12.5. The standard InChI is InChI=1S/C39H30N2O3S.C2H6O/c1-42-27-12-19-37-33(22-27)32-6-4-5-7-36(32)40(37)25-8-15-30(16-9-25)45-31-17-10-26(11-18-31)41-38-20-13-28(43-2)23-34(38)35-24-29(44-3)14-21-39(35)41;1-3-2/h4-24H,1-3H3;1-2H3. The lowest BCUT2D eigenvalue weighted by Gasteiger charge is -2.11. The number of hydrogen-bond acceptors (Lipinski definition) is 5. The topological polar surface area (TPSA) is 46.8 Å². The first-order valence-electron chi connectivity index (χ1n) is 15.6. The number of nitrogens with zero attached hydrogens (tertiary/aromatic N) is 2. The maximum atomic E-state index is 5.54. The molecule has 2 heterocycles. The molecule has 0 N–H and O–H groups in total. The molecule has 0 saturated heterocycles. The zero-order valence-corrected chi connectivity index (χ0v) is 28.4. The third-order valence-corrected chi connectivity index (χ3v) is 9.50. The van der Waals surface area contributed by atoms with E-state index in [4.69, 9.17) is 14.2 Å². The highest BCUT2D eigenvalue weighted by atomic mass is 32.2. The van der Waals surface area contributed by atoms with Gasteiger partial charge in [0.05, 0.1) is 43.4 Å². The van der Waals surface area contributed by atoms with Gasteiger partial charge in [-0.3, -0.25) is 0 Å². The summed E-state index contributed by atoms with van der Waals surface area (Å²) in [5.41, 5.74) is 6.82. The molecule has 0 radical (unpaired) electrons. The maximum absolute atomic E-state index is 5.54. The van der Waals surface area contributed by atoms with Gasteiger partial charge < -0.3 is 28.1 Å². The summed E-state index contributed by atoms with van der Waals surface area (Å²) in [4.78, 5) is 2.37. The molecule has 0 saturated carbocycles. The van der Waals surface area contributed by atoms with E-state index in [9.17, 15) is 0 Å². The number of aromatic nitrogens is 2. The molecule has 0 amide bonds. The van der Waals surface area contributed by atoms with Crippen molar-refractivity contribution >= 4 is 55.4 Å². The van der Waals surface area contributed by atoms with E-state index in [-0.39, 0.29) is 0 Å². The first-order valence-corrected chi connectivity index (χ1v) is 16.4. The summed E-state index contributed by atoms with van der Waals surface area (Å²) >= 11 is 1.76. The Morgan fingerprint density at radius 3 is 1.15 bits per heavy atom. The van der Waals surface area contributed by atoms with Gasteiger partial charge in [0, 0.05) is 56.9 Å². The van der Waals surface area contributed by atoms with Gasteiger partial charge in [-0.1, -0.05) is 30.0 Å². The van der Waals surface area contributed by atoms with Crippen molar-refractivity contribution in [2.75, 3.05) is 35.5 Å². The van der Waals surface area contributed by atoms with E-state index in [1.54, 1.807) is 47.3 Å². The van der Waals surface area contributed by atoms with Gasteiger partial charge in [-0.15, -0.1) is 0 Å². The van der Waals surface area contributed by atoms with Crippen molar-refractivity contribution in [3.05, 3.63) is 127 Å². The smallest absolute Gasteiger partial charge is 0.119 e. The quantitative estimate of drug-likeness (QED) is 0.171. The fraction of sp³-hybridized carbons (Fsp3) is 0.122. The van der Waals surface area contributed by atoms with Crippen LogP contribution in [0.5, 0.6) is 17.2 Å². The Bertz CT molecular complexity index is 2310. The molecule has 6 aromatic carbocycles. The summed E-state index contributed by atoms with van der Waals surface area (Å²) in [6.07, 6.45) is 0. The normalized spacial score (nSPS) is 11.2. The largest absolute Gasteiger partial charge is 0.497 e. The minimum atomic E-state index is 0.834. The molecule has 0 atom stereocenters. The van der Waals surface area contributed by atoms with Gasteiger partial charge in [-0.05, 0) is 109 Å². The first kappa shape index (κ1) is 31.2. The lowest BCUT2D eigenvalue weighted by molar-refractivity contribution is 0.277. The van der Waals surface area contributed by atoms with Gasteiger partial charge in [0.1, 0.15) is 17.2 Å². The van der Waals surface area contributed by atoms with E-state index in [0.29, 0.717) is 0 Å². The molecule has 0 aliphatic heterocycles. The molecule has 2 aromatic heterocycles. The molecule has 0 bridgehead atoms. The van der Waals surface area contributed by atoms with Crippen molar-refractivity contribution in [2.24, 2.45) is 0 Å². The zero-order valence-electron chi connectivity index (χ0n) is 27.6. The van der Waals surface area contributed by atoms with Crippen molar-refractivity contribution in [3.8, 4) is 28.6 Å². The van der Waals surface area contributed by atoms with Crippen molar-refractivity contribution in [2.45, 2.75) is 9.79 Å². The van der Waals surface area contributed by atoms with Crippen LogP contribution in [0.1, 0.15) is 0 Å². The summed E-state index contributed by atoms with van der Waals surface area (Å²) in [7, 11) is 8.36. The second kappa shape index (κ2) is 13.4. The Morgan fingerprint density at radius 2 is 0.750 bits per heavy atom. The highest BCUT2D eigenvalue weighted by molar-refractivity contribution is 7.99. The highest BCUT2D eigenvalue weighted by Gasteiger charge is 2.15. The second-order valence-electron chi connectivity index (χ2n) is 11.3. The molecule has 6 nitrogen and oxygen atoms in total. The van der Waals surface area contributed by atoms with Crippen LogP contribution in [0.2, 0.25) is 0 Å². The molecule has 240 valence electrons. The number of benzene rings is 6. The Kier molecular flexibility index (Phi) is 8.72. The van der Waals surface area contributed by atoms with Gasteiger partial charge in [-0.25, -0.2) is 0 Å². The number of methoxy groups -OCH3 is 4. The van der Waals surface area contributed by atoms with Gasteiger partial charge in [-0.2, -0.15) is 0 Å². The van der Waals surface area contributed by atoms with E-state index in [1.165, 1.54) is 26.1 Å². The maximum Gasteiger partial charge on any atom is 0.119 e. The Balaban J connectivity index is 0.00000117. The Morgan fingerprint density at radius 1 is 0.396 bits per heavy atom. The van der Waals surface area contributed by atoms with E-state index in [2.05, 4.69) is 123 Å².